The molecule has 0 saturated carbocycles. The molecule has 0 bridgehead atoms. The SMILES string of the molecule is COc1cccc(F)c1C(=O)c1ncc(Cl)cc1NS(=O)(=O)c1cccc(Cl)c1F. The Labute approximate surface area is 180 Å². The molecular formula is C19H12Cl2F2N2O4S. The number of aromatic nitrogens is 1. The smallest absolute Gasteiger partial charge is 0.264 e. The molecule has 0 fully saturated rings. The minimum atomic E-state index is -4.53. The zero-order valence-corrected chi connectivity index (χ0v) is 17.4. The Kier molecular flexibility index (Phi) is 6.25. The molecule has 1 N–H and O–H groups in total. The lowest BCUT2D eigenvalue weighted by atomic mass is 10.0. The van der Waals surface area contributed by atoms with Crippen molar-refractivity contribution in [2.45, 2.75) is 4.90 Å². The number of anilines is 1. The molecule has 30 heavy (non-hydrogen) atoms. The molecule has 3 aromatic rings. The van der Waals surface area contributed by atoms with Gasteiger partial charge in [0.2, 0.25) is 5.78 Å². The lowest BCUT2D eigenvalue weighted by molar-refractivity contribution is 0.102. The van der Waals surface area contributed by atoms with Crippen LogP contribution in [-0.2, 0) is 10.0 Å². The summed E-state index contributed by atoms with van der Waals surface area (Å²) in [7, 11) is -3.29. The van der Waals surface area contributed by atoms with Crippen LogP contribution < -0.4 is 9.46 Å². The number of nitrogens with one attached hydrogen (secondary N) is 1. The molecule has 156 valence electrons. The third-order valence-corrected chi connectivity index (χ3v) is 5.82. The molecule has 3 rings (SSSR count). The van der Waals surface area contributed by atoms with E-state index in [1.165, 1.54) is 31.4 Å². The first-order chi connectivity index (χ1) is 14.2. The molecule has 11 heteroatoms. The molecule has 0 aliphatic rings. The van der Waals surface area contributed by atoms with E-state index in [4.69, 9.17) is 27.9 Å². The summed E-state index contributed by atoms with van der Waals surface area (Å²) in [5.74, 6) is -3.12. The lowest BCUT2D eigenvalue weighted by Crippen LogP contribution is -2.19. The van der Waals surface area contributed by atoms with E-state index in [9.17, 15) is 22.0 Å². The second kappa shape index (κ2) is 8.55. The van der Waals surface area contributed by atoms with Crippen LogP contribution in [-0.4, -0.2) is 26.3 Å². The van der Waals surface area contributed by atoms with Crippen LogP contribution >= 0.6 is 23.2 Å². The summed E-state index contributed by atoms with van der Waals surface area (Å²) in [5.41, 5.74) is -1.30. The van der Waals surface area contributed by atoms with Crippen LogP contribution in [0.5, 0.6) is 5.75 Å². The molecule has 0 radical (unpaired) electrons. The van der Waals surface area contributed by atoms with Gasteiger partial charge in [0, 0.05) is 6.20 Å². The third-order valence-electron chi connectivity index (χ3n) is 3.94. The van der Waals surface area contributed by atoms with Gasteiger partial charge < -0.3 is 4.74 Å². The van der Waals surface area contributed by atoms with E-state index in [2.05, 4.69) is 9.71 Å². The molecule has 0 aliphatic heterocycles. The number of ketones is 1. The predicted octanol–water partition coefficient (Wildman–Crippen LogP) is 4.71. The number of methoxy groups -OCH3 is 1. The van der Waals surface area contributed by atoms with E-state index >= 15 is 0 Å². The van der Waals surface area contributed by atoms with Gasteiger partial charge in [-0.3, -0.25) is 9.52 Å². The molecule has 0 amide bonds. The molecule has 2 aromatic carbocycles. The molecule has 0 atom stereocenters. The molecule has 1 aromatic heterocycles. The molecule has 0 spiro atoms. The Bertz CT molecular complexity index is 1250. The van der Waals surface area contributed by atoms with Crippen LogP contribution in [0, 0.1) is 11.6 Å². The largest absolute Gasteiger partial charge is 0.496 e. The first-order valence-electron chi connectivity index (χ1n) is 8.15. The van der Waals surface area contributed by atoms with E-state index in [0.717, 1.165) is 24.4 Å². The summed E-state index contributed by atoms with van der Waals surface area (Å²) in [5, 5.41) is -0.425. The van der Waals surface area contributed by atoms with Gasteiger partial charge in [0.25, 0.3) is 10.0 Å². The quantitative estimate of drug-likeness (QED) is 0.525. The highest BCUT2D eigenvalue weighted by atomic mass is 35.5. The highest BCUT2D eigenvalue weighted by Crippen LogP contribution is 2.30. The van der Waals surface area contributed by atoms with Crippen LogP contribution in [0.1, 0.15) is 16.1 Å². The van der Waals surface area contributed by atoms with Crippen molar-refractivity contribution in [3.63, 3.8) is 0 Å². The number of halogens is 4. The Balaban J connectivity index is 2.12. The number of sulfonamides is 1. The van der Waals surface area contributed by atoms with Gasteiger partial charge in [-0.15, -0.1) is 0 Å². The first-order valence-corrected chi connectivity index (χ1v) is 10.4. The number of pyridine rings is 1. The first kappa shape index (κ1) is 21.9. The van der Waals surface area contributed by atoms with Crippen LogP contribution in [0.4, 0.5) is 14.5 Å². The average molecular weight is 473 g/mol. The van der Waals surface area contributed by atoms with Crippen molar-refractivity contribution in [2.75, 3.05) is 11.8 Å². The van der Waals surface area contributed by atoms with Gasteiger partial charge in [-0.05, 0) is 30.3 Å². The summed E-state index contributed by atoms with van der Waals surface area (Å²) < 4.78 is 61.0. The molecule has 0 saturated heterocycles. The summed E-state index contributed by atoms with van der Waals surface area (Å²) in [6.45, 7) is 0. The number of rotatable bonds is 6. The summed E-state index contributed by atoms with van der Waals surface area (Å²) >= 11 is 11.5. The number of hydrogen-bond acceptors (Lipinski definition) is 5. The van der Waals surface area contributed by atoms with Crippen molar-refractivity contribution in [1.29, 1.82) is 0 Å². The predicted molar refractivity (Wildman–Crippen MR) is 108 cm³/mol. The highest BCUT2D eigenvalue weighted by molar-refractivity contribution is 7.92. The van der Waals surface area contributed by atoms with Gasteiger partial charge in [-0.1, -0.05) is 35.3 Å². The second-order valence-electron chi connectivity index (χ2n) is 5.85. The fourth-order valence-electron chi connectivity index (χ4n) is 2.60. The van der Waals surface area contributed by atoms with Gasteiger partial charge in [0.05, 0.1) is 22.8 Å². The van der Waals surface area contributed by atoms with Gasteiger partial charge in [0.15, 0.2) is 5.82 Å². The number of nitrogens with zero attached hydrogens (tertiary/aromatic N) is 1. The van der Waals surface area contributed by atoms with Crippen molar-refractivity contribution in [1.82, 2.24) is 4.98 Å². The van der Waals surface area contributed by atoms with Crippen molar-refractivity contribution in [2.24, 2.45) is 0 Å². The summed E-state index contributed by atoms with van der Waals surface area (Å²) in [6.07, 6.45) is 1.08. The third kappa shape index (κ3) is 4.23. The Morgan fingerprint density at radius 2 is 1.83 bits per heavy atom. The maximum atomic E-state index is 14.3. The Hall–Kier alpha value is -2.75. The van der Waals surface area contributed by atoms with Crippen LogP contribution in [0.15, 0.2) is 53.6 Å². The molecular weight excluding hydrogens is 461 g/mol. The number of carbonyl (C=O) groups excluding carboxylic acids is 1. The zero-order valence-electron chi connectivity index (χ0n) is 15.1. The van der Waals surface area contributed by atoms with E-state index in [-0.39, 0.29) is 16.5 Å². The molecule has 1 heterocycles. The van der Waals surface area contributed by atoms with Gasteiger partial charge in [-0.2, -0.15) is 0 Å². The monoisotopic (exact) mass is 472 g/mol. The van der Waals surface area contributed by atoms with E-state index in [1.54, 1.807) is 0 Å². The Morgan fingerprint density at radius 3 is 2.53 bits per heavy atom. The number of benzene rings is 2. The summed E-state index contributed by atoms with van der Waals surface area (Å²) in [4.78, 5) is 16.1. The maximum Gasteiger partial charge on any atom is 0.264 e. The fourth-order valence-corrected chi connectivity index (χ4v) is 4.15. The highest BCUT2D eigenvalue weighted by Gasteiger charge is 2.27. The van der Waals surface area contributed by atoms with E-state index in [0.29, 0.717) is 0 Å². The van der Waals surface area contributed by atoms with Gasteiger partial charge in [-0.25, -0.2) is 22.2 Å². The number of hydrogen-bond donors (Lipinski definition) is 1. The fraction of sp³-hybridized carbons (Fsp3) is 0.0526. The average Bonchev–Trinajstić information content (AvgIpc) is 2.69. The lowest BCUT2D eigenvalue weighted by Gasteiger charge is -2.14. The second-order valence-corrected chi connectivity index (χ2v) is 8.35. The van der Waals surface area contributed by atoms with Crippen molar-refractivity contribution < 1.29 is 26.7 Å². The van der Waals surface area contributed by atoms with Crippen molar-refractivity contribution in [3.05, 3.63) is 81.6 Å². The molecule has 0 aliphatic carbocycles. The van der Waals surface area contributed by atoms with Gasteiger partial charge >= 0.3 is 0 Å². The maximum absolute atomic E-state index is 14.3. The van der Waals surface area contributed by atoms with E-state index < -0.39 is 48.6 Å². The van der Waals surface area contributed by atoms with Crippen molar-refractivity contribution >= 4 is 44.7 Å². The van der Waals surface area contributed by atoms with Crippen LogP contribution in [0.3, 0.4) is 0 Å². The van der Waals surface area contributed by atoms with Crippen LogP contribution in [0.25, 0.3) is 0 Å². The Morgan fingerprint density at radius 1 is 1.13 bits per heavy atom. The van der Waals surface area contributed by atoms with Crippen LogP contribution in [0.2, 0.25) is 10.0 Å². The van der Waals surface area contributed by atoms with Gasteiger partial charge in [0.1, 0.15) is 27.7 Å². The van der Waals surface area contributed by atoms with Crippen molar-refractivity contribution in [3.8, 4) is 5.75 Å². The van der Waals surface area contributed by atoms with E-state index in [1.807, 2.05) is 0 Å². The number of carbonyl (C=O) groups is 1. The molecule has 6 nitrogen and oxygen atoms in total. The topological polar surface area (TPSA) is 85.4 Å². The normalized spacial score (nSPS) is 11.2. The minimum Gasteiger partial charge on any atom is -0.496 e. The summed E-state index contributed by atoms with van der Waals surface area (Å²) in [6, 6.07) is 8.24. The minimum absolute atomic E-state index is 0.0173. The molecule has 0 unspecified atom stereocenters. The standard InChI is InChI=1S/C19H12Cl2F2N2O4S/c1-29-14-6-3-5-12(22)16(14)19(26)18-13(8-10(20)9-24-18)25-30(27,28)15-7-2-4-11(21)17(15)23/h2-9,25H,1H3. The number of ether oxygens (including phenoxy) is 1. The zero-order chi connectivity index (χ0) is 22.1.